The number of alkyl halides is 3. The first-order valence-electron chi connectivity index (χ1n) is 3.87. The van der Waals surface area contributed by atoms with Crippen molar-refractivity contribution in [3.8, 4) is 0 Å². The molecular weight excluding hydrogens is 169 g/mol. The number of nitrogens with zero attached hydrogens (tertiary/aromatic N) is 2. The van der Waals surface area contributed by atoms with E-state index in [4.69, 9.17) is 0 Å². The minimum Gasteiger partial charge on any atom is -0.303 e. The molecule has 1 rings (SSSR count). The summed E-state index contributed by atoms with van der Waals surface area (Å²) in [4.78, 5) is 3.07. The van der Waals surface area contributed by atoms with E-state index in [2.05, 4.69) is 0 Å². The van der Waals surface area contributed by atoms with Crippen LogP contribution in [-0.2, 0) is 0 Å². The lowest BCUT2D eigenvalue weighted by Crippen LogP contribution is -2.56. The van der Waals surface area contributed by atoms with Gasteiger partial charge in [0.1, 0.15) is 6.04 Å². The number of halogens is 3. The van der Waals surface area contributed by atoms with Gasteiger partial charge in [-0.25, -0.2) is 0 Å². The Morgan fingerprint density at radius 2 is 1.75 bits per heavy atom. The number of hydrogen-bond acceptors (Lipinski definition) is 2. The molecule has 12 heavy (non-hydrogen) atoms. The molecule has 0 radical (unpaired) electrons. The summed E-state index contributed by atoms with van der Waals surface area (Å²) in [6.45, 7) is 1.28. The predicted octanol–water partition coefficient (Wildman–Crippen LogP) is 0.794. The standard InChI is InChI=1S/C7H13F3N2/c1-11-3-4-12(2)6(5-11)7(8,9)10/h6H,3-5H2,1-2H3/t6-/m1/s1. The lowest BCUT2D eigenvalue weighted by atomic mass is 10.2. The summed E-state index contributed by atoms with van der Waals surface area (Å²) in [5, 5.41) is 0. The molecule has 5 heteroatoms. The van der Waals surface area contributed by atoms with Gasteiger partial charge in [-0.3, -0.25) is 4.90 Å². The Morgan fingerprint density at radius 3 is 2.17 bits per heavy atom. The SMILES string of the molecule is CN1CCN(C)[C@@H](C(F)(F)F)C1. The van der Waals surface area contributed by atoms with Crippen molar-refractivity contribution in [1.82, 2.24) is 9.80 Å². The van der Waals surface area contributed by atoms with Crippen LogP contribution in [0.1, 0.15) is 0 Å². The first kappa shape index (κ1) is 9.80. The van der Waals surface area contributed by atoms with Crippen molar-refractivity contribution in [1.29, 1.82) is 0 Å². The molecule has 1 heterocycles. The van der Waals surface area contributed by atoms with Crippen LogP contribution in [0.25, 0.3) is 0 Å². The first-order chi connectivity index (χ1) is 5.41. The topological polar surface area (TPSA) is 6.48 Å². The molecule has 1 aliphatic rings. The van der Waals surface area contributed by atoms with Crippen molar-refractivity contribution in [3.63, 3.8) is 0 Å². The van der Waals surface area contributed by atoms with Crippen molar-refractivity contribution in [2.75, 3.05) is 33.7 Å². The second-order valence-corrected chi connectivity index (χ2v) is 3.30. The second kappa shape index (κ2) is 3.22. The number of piperazine rings is 1. The molecule has 1 fully saturated rings. The maximum absolute atomic E-state index is 12.3. The fraction of sp³-hybridized carbons (Fsp3) is 1.00. The lowest BCUT2D eigenvalue weighted by molar-refractivity contribution is -0.191. The summed E-state index contributed by atoms with van der Waals surface area (Å²) in [6.07, 6.45) is -4.09. The number of likely N-dealkylation sites (N-methyl/N-ethyl adjacent to an activating group) is 2. The summed E-state index contributed by atoms with van der Waals surface area (Å²) in [6, 6.07) is -1.30. The zero-order chi connectivity index (χ0) is 9.35. The van der Waals surface area contributed by atoms with Gasteiger partial charge < -0.3 is 4.90 Å². The van der Waals surface area contributed by atoms with Crippen molar-refractivity contribution in [2.45, 2.75) is 12.2 Å². The van der Waals surface area contributed by atoms with E-state index in [-0.39, 0.29) is 6.54 Å². The van der Waals surface area contributed by atoms with E-state index in [1.807, 2.05) is 0 Å². The molecular formula is C7H13F3N2. The van der Waals surface area contributed by atoms with E-state index in [0.29, 0.717) is 13.1 Å². The van der Waals surface area contributed by atoms with Crippen LogP contribution < -0.4 is 0 Å². The maximum atomic E-state index is 12.3. The van der Waals surface area contributed by atoms with Gasteiger partial charge >= 0.3 is 6.18 Å². The Labute approximate surface area is 69.9 Å². The third kappa shape index (κ3) is 2.10. The summed E-state index contributed by atoms with van der Waals surface area (Å²) in [5.74, 6) is 0. The molecule has 0 unspecified atom stereocenters. The summed E-state index contributed by atoms with van der Waals surface area (Å²) in [5.41, 5.74) is 0. The molecule has 0 aromatic carbocycles. The molecule has 1 aliphatic heterocycles. The third-order valence-corrected chi connectivity index (χ3v) is 2.23. The Balaban J connectivity index is 2.61. The molecule has 0 aromatic heterocycles. The molecule has 0 saturated carbocycles. The molecule has 0 spiro atoms. The van der Waals surface area contributed by atoms with E-state index in [1.165, 1.54) is 11.9 Å². The van der Waals surface area contributed by atoms with Gasteiger partial charge in [-0.05, 0) is 14.1 Å². The van der Waals surface area contributed by atoms with E-state index in [0.717, 1.165) is 0 Å². The first-order valence-corrected chi connectivity index (χ1v) is 3.87. The van der Waals surface area contributed by atoms with Crippen LogP contribution >= 0.6 is 0 Å². The molecule has 0 amide bonds. The third-order valence-electron chi connectivity index (χ3n) is 2.23. The Morgan fingerprint density at radius 1 is 1.17 bits per heavy atom. The minimum absolute atomic E-state index is 0.0833. The summed E-state index contributed by atoms with van der Waals surface area (Å²) in [7, 11) is 3.23. The quantitative estimate of drug-likeness (QED) is 0.546. The van der Waals surface area contributed by atoms with Gasteiger partial charge in [0.15, 0.2) is 0 Å². The van der Waals surface area contributed by atoms with Crippen molar-refractivity contribution >= 4 is 0 Å². The van der Waals surface area contributed by atoms with Crippen LogP contribution in [-0.4, -0.2) is 55.7 Å². The van der Waals surface area contributed by atoms with Gasteiger partial charge in [0.25, 0.3) is 0 Å². The van der Waals surface area contributed by atoms with E-state index < -0.39 is 12.2 Å². The average Bonchev–Trinajstić information content (AvgIpc) is 1.92. The minimum atomic E-state index is -4.09. The van der Waals surface area contributed by atoms with Crippen LogP contribution in [0.2, 0.25) is 0 Å². The monoisotopic (exact) mass is 182 g/mol. The fourth-order valence-corrected chi connectivity index (χ4v) is 1.36. The smallest absolute Gasteiger partial charge is 0.303 e. The molecule has 72 valence electrons. The van der Waals surface area contributed by atoms with Gasteiger partial charge in [0, 0.05) is 19.6 Å². The molecule has 0 N–H and O–H groups in total. The molecule has 0 aromatic rings. The van der Waals surface area contributed by atoms with Crippen LogP contribution in [0, 0.1) is 0 Å². The van der Waals surface area contributed by atoms with Crippen molar-refractivity contribution in [3.05, 3.63) is 0 Å². The highest BCUT2D eigenvalue weighted by molar-refractivity contribution is 4.83. The van der Waals surface area contributed by atoms with Crippen molar-refractivity contribution < 1.29 is 13.2 Å². The zero-order valence-corrected chi connectivity index (χ0v) is 7.23. The Hall–Kier alpha value is -0.290. The zero-order valence-electron chi connectivity index (χ0n) is 7.23. The molecule has 2 nitrogen and oxygen atoms in total. The maximum Gasteiger partial charge on any atom is 0.405 e. The average molecular weight is 182 g/mol. The number of rotatable bonds is 0. The number of hydrogen-bond donors (Lipinski definition) is 0. The van der Waals surface area contributed by atoms with Crippen LogP contribution in [0.15, 0.2) is 0 Å². The van der Waals surface area contributed by atoms with Crippen LogP contribution in [0.3, 0.4) is 0 Å². The van der Waals surface area contributed by atoms with Gasteiger partial charge in [-0.15, -0.1) is 0 Å². The van der Waals surface area contributed by atoms with Crippen molar-refractivity contribution in [2.24, 2.45) is 0 Å². The fourth-order valence-electron chi connectivity index (χ4n) is 1.36. The van der Waals surface area contributed by atoms with E-state index in [9.17, 15) is 13.2 Å². The highest BCUT2D eigenvalue weighted by Crippen LogP contribution is 2.26. The normalized spacial score (nSPS) is 29.2. The van der Waals surface area contributed by atoms with Crippen LogP contribution in [0.4, 0.5) is 13.2 Å². The largest absolute Gasteiger partial charge is 0.405 e. The Bertz CT molecular complexity index is 157. The molecule has 0 bridgehead atoms. The highest BCUT2D eigenvalue weighted by Gasteiger charge is 2.44. The van der Waals surface area contributed by atoms with Gasteiger partial charge in [-0.1, -0.05) is 0 Å². The highest BCUT2D eigenvalue weighted by atomic mass is 19.4. The summed E-state index contributed by atoms with van der Waals surface area (Å²) >= 11 is 0. The Kier molecular flexibility index (Phi) is 2.63. The molecule has 0 aliphatic carbocycles. The van der Waals surface area contributed by atoms with Gasteiger partial charge in [0.05, 0.1) is 0 Å². The van der Waals surface area contributed by atoms with Gasteiger partial charge in [0.2, 0.25) is 0 Å². The second-order valence-electron chi connectivity index (χ2n) is 3.30. The predicted molar refractivity (Wildman–Crippen MR) is 40.0 cm³/mol. The van der Waals surface area contributed by atoms with E-state index in [1.54, 1.807) is 11.9 Å². The summed E-state index contributed by atoms with van der Waals surface area (Å²) < 4.78 is 36.9. The van der Waals surface area contributed by atoms with Gasteiger partial charge in [-0.2, -0.15) is 13.2 Å². The van der Waals surface area contributed by atoms with E-state index >= 15 is 0 Å². The lowest BCUT2D eigenvalue weighted by Gasteiger charge is -2.38. The molecule has 1 atom stereocenters. The molecule has 1 saturated heterocycles. The van der Waals surface area contributed by atoms with Crippen LogP contribution in [0.5, 0.6) is 0 Å².